The molecule has 2 atom stereocenters. The molecule has 0 radical (unpaired) electrons. The summed E-state index contributed by atoms with van der Waals surface area (Å²) in [7, 11) is -1.11. The molecule has 3 rings (SSSR count). The average Bonchev–Trinajstić information content (AvgIpc) is 2.89. The van der Waals surface area contributed by atoms with Crippen LogP contribution in [0, 0.1) is 0 Å². The highest BCUT2D eigenvalue weighted by Crippen LogP contribution is 2.25. The first-order valence-electron chi connectivity index (χ1n) is 14.8. The van der Waals surface area contributed by atoms with Crippen molar-refractivity contribution in [3.05, 3.63) is 51.2 Å². The monoisotopic (exact) mass is 591 g/mol. The molecular formula is C30H49N5O5S. The lowest BCUT2D eigenvalue weighted by Gasteiger charge is -2.40. The molecular weight excluding hydrogens is 542 g/mol. The highest BCUT2D eigenvalue weighted by molar-refractivity contribution is 7.86. The second-order valence-corrected chi connectivity index (χ2v) is 13.2. The van der Waals surface area contributed by atoms with E-state index >= 15 is 0 Å². The Morgan fingerprint density at radius 3 is 2.15 bits per heavy atom. The number of aliphatic hydroxyl groups excluding tert-OH is 1. The van der Waals surface area contributed by atoms with Crippen LogP contribution in [0.2, 0.25) is 0 Å². The number of ether oxygens (including phenoxy) is 1. The third-order valence-electron chi connectivity index (χ3n) is 7.51. The molecule has 11 heteroatoms. The first-order chi connectivity index (χ1) is 19.3. The first-order valence-corrected chi connectivity index (χ1v) is 16.1. The Bertz CT molecular complexity index is 1260. The summed E-state index contributed by atoms with van der Waals surface area (Å²) in [5, 5.41) is 11.1. The summed E-state index contributed by atoms with van der Waals surface area (Å²) in [5.74, 6) is 1.91. The Balaban J connectivity index is 1.57. The van der Waals surface area contributed by atoms with Crippen molar-refractivity contribution >= 4 is 22.5 Å². The quantitative estimate of drug-likeness (QED) is 0.322. The summed E-state index contributed by atoms with van der Waals surface area (Å²) < 4.78 is 24.4. The molecule has 1 fully saturated rings. The van der Waals surface area contributed by atoms with Crippen molar-refractivity contribution in [3.63, 3.8) is 0 Å². The third kappa shape index (κ3) is 8.68. The van der Waals surface area contributed by atoms with E-state index in [0.29, 0.717) is 50.0 Å². The Morgan fingerprint density at radius 1 is 0.976 bits per heavy atom. The number of unbranched alkanes of at least 4 members (excludes halogenated alkanes) is 2. The minimum Gasteiger partial charge on any atom is -0.485 e. The van der Waals surface area contributed by atoms with Gasteiger partial charge in [0.15, 0.2) is 0 Å². The van der Waals surface area contributed by atoms with E-state index in [4.69, 9.17) is 4.74 Å². The predicted molar refractivity (Wildman–Crippen MR) is 168 cm³/mol. The van der Waals surface area contributed by atoms with E-state index in [1.54, 1.807) is 10.6 Å². The summed E-state index contributed by atoms with van der Waals surface area (Å²) in [6.07, 6.45) is 2.35. The largest absolute Gasteiger partial charge is 0.485 e. The molecule has 0 bridgehead atoms. The molecule has 0 amide bonds. The second-order valence-electron chi connectivity index (χ2n) is 11.9. The molecule has 2 aromatic rings. The van der Waals surface area contributed by atoms with E-state index in [9.17, 15) is 18.9 Å². The Labute approximate surface area is 246 Å². The molecule has 2 heterocycles. The maximum absolute atomic E-state index is 13.1. The van der Waals surface area contributed by atoms with Gasteiger partial charge in [-0.3, -0.25) is 18.8 Å². The zero-order chi connectivity index (χ0) is 30.3. The van der Waals surface area contributed by atoms with Crippen LogP contribution in [0.3, 0.4) is 0 Å². The van der Waals surface area contributed by atoms with Gasteiger partial charge in [0.2, 0.25) is 0 Å². The molecule has 0 saturated carbocycles. The number of aromatic nitrogens is 2. The van der Waals surface area contributed by atoms with Crippen LogP contribution in [0.4, 0.5) is 11.5 Å². The third-order valence-corrected chi connectivity index (χ3v) is 8.63. The summed E-state index contributed by atoms with van der Waals surface area (Å²) in [5.41, 5.74) is -0.627. The first kappa shape index (κ1) is 32.9. The van der Waals surface area contributed by atoms with Gasteiger partial charge >= 0.3 is 5.69 Å². The highest BCUT2D eigenvalue weighted by atomic mass is 32.2. The summed E-state index contributed by atoms with van der Waals surface area (Å²) in [6.45, 7) is 16.5. The van der Waals surface area contributed by atoms with Gasteiger partial charge in [-0.15, -0.1) is 0 Å². The molecule has 0 aliphatic carbocycles. The average molecular weight is 592 g/mol. The van der Waals surface area contributed by atoms with Crippen LogP contribution in [-0.2, 0) is 11.0 Å². The number of aliphatic hydroxyl groups is 1. The number of nitrogens with zero attached hydrogens (tertiary/aromatic N) is 4. The van der Waals surface area contributed by atoms with Crippen LogP contribution in [0.15, 0.2) is 39.9 Å². The molecule has 1 aliphatic rings. The fourth-order valence-corrected chi connectivity index (χ4v) is 5.98. The lowest BCUT2D eigenvalue weighted by molar-refractivity contribution is -0.0449. The van der Waals surface area contributed by atoms with E-state index in [0.717, 1.165) is 24.9 Å². The van der Waals surface area contributed by atoms with E-state index in [-0.39, 0.29) is 23.3 Å². The standard InChI is InChI=1S/C30H49N5O5S/c1-8-9-10-19-41(39)31-24-11-13-25(14-12-24)40-30(6,7)26(36)21-32-15-17-33(18-16-32)27-20-28(37)35(23(4)5)29(38)34(27)22(2)3/h11-14,20,22-23,26,31,36H,8-10,15-19,21H2,1-7H3. The summed E-state index contributed by atoms with van der Waals surface area (Å²) >= 11 is 0. The zero-order valence-corrected chi connectivity index (χ0v) is 26.6. The number of hydrogen-bond acceptors (Lipinski definition) is 7. The fourth-order valence-electron chi connectivity index (χ4n) is 5.01. The second kappa shape index (κ2) is 14.5. The van der Waals surface area contributed by atoms with E-state index in [1.807, 2.05) is 65.8 Å². The zero-order valence-electron chi connectivity index (χ0n) is 25.8. The minimum absolute atomic E-state index is 0.0845. The number of rotatable bonds is 14. The normalized spacial score (nSPS) is 16.3. The predicted octanol–water partition coefficient (Wildman–Crippen LogP) is 3.78. The molecule has 10 nitrogen and oxygen atoms in total. The van der Waals surface area contributed by atoms with E-state index in [1.165, 1.54) is 4.57 Å². The van der Waals surface area contributed by atoms with Crippen molar-refractivity contribution in [2.24, 2.45) is 0 Å². The van der Waals surface area contributed by atoms with Crippen molar-refractivity contribution in [1.82, 2.24) is 14.0 Å². The number of piperazine rings is 1. The van der Waals surface area contributed by atoms with Gasteiger partial charge in [0.1, 0.15) is 34.3 Å². The van der Waals surface area contributed by atoms with Gasteiger partial charge in [0.05, 0.1) is 0 Å². The van der Waals surface area contributed by atoms with Gasteiger partial charge in [-0.2, -0.15) is 0 Å². The van der Waals surface area contributed by atoms with E-state index in [2.05, 4.69) is 21.4 Å². The molecule has 1 aliphatic heterocycles. The maximum Gasteiger partial charge on any atom is 0.333 e. The molecule has 2 unspecified atom stereocenters. The van der Waals surface area contributed by atoms with E-state index < -0.39 is 22.7 Å². The lowest BCUT2D eigenvalue weighted by Crippen LogP contribution is -2.54. The Hall–Kier alpha value is -2.63. The van der Waals surface area contributed by atoms with Gasteiger partial charge in [0, 0.05) is 62.3 Å². The summed E-state index contributed by atoms with van der Waals surface area (Å²) in [6, 6.07) is 8.60. The van der Waals surface area contributed by atoms with Crippen LogP contribution < -0.4 is 25.6 Å². The van der Waals surface area contributed by atoms with Gasteiger partial charge in [-0.25, -0.2) is 9.00 Å². The Morgan fingerprint density at radius 2 is 1.59 bits per heavy atom. The molecule has 1 saturated heterocycles. The Kier molecular flexibility index (Phi) is 11.6. The SMILES string of the molecule is CCCCCS(=O)Nc1ccc(OC(C)(C)C(O)CN2CCN(c3cc(=O)n(C(C)C)c(=O)n3C(C)C)CC2)cc1. The molecule has 1 aromatic heterocycles. The maximum atomic E-state index is 13.1. The number of nitrogens with one attached hydrogen (secondary N) is 1. The van der Waals surface area contributed by atoms with Gasteiger partial charge in [0.25, 0.3) is 5.56 Å². The smallest absolute Gasteiger partial charge is 0.333 e. The van der Waals surface area contributed by atoms with Crippen LogP contribution in [-0.4, -0.2) is 73.5 Å². The van der Waals surface area contributed by atoms with Crippen molar-refractivity contribution in [3.8, 4) is 5.75 Å². The van der Waals surface area contributed by atoms with Gasteiger partial charge in [-0.1, -0.05) is 19.8 Å². The van der Waals surface area contributed by atoms with Crippen LogP contribution in [0.25, 0.3) is 0 Å². The van der Waals surface area contributed by atoms with Crippen molar-refractivity contribution in [2.45, 2.75) is 91.5 Å². The topological polar surface area (TPSA) is 109 Å². The number of benzene rings is 1. The lowest BCUT2D eigenvalue weighted by atomic mass is 10.0. The van der Waals surface area contributed by atoms with Crippen LogP contribution in [0.1, 0.15) is 79.8 Å². The minimum atomic E-state index is -1.11. The molecule has 2 N–H and O–H groups in total. The molecule has 0 spiro atoms. The van der Waals surface area contributed by atoms with Crippen LogP contribution in [0.5, 0.6) is 5.75 Å². The number of β-amino-alcohol motifs (C(OH)–C–C–N with tert-alkyl or cyclic N) is 1. The summed E-state index contributed by atoms with van der Waals surface area (Å²) in [4.78, 5) is 30.2. The number of hydrogen-bond donors (Lipinski definition) is 2. The highest BCUT2D eigenvalue weighted by Gasteiger charge is 2.33. The van der Waals surface area contributed by atoms with Crippen molar-refractivity contribution < 1.29 is 14.1 Å². The molecule has 1 aromatic carbocycles. The van der Waals surface area contributed by atoms with Gasteiger partial charge < -0.3 is 19.5 Å². The van der Waals surface area contributed by atoms with Crippen molar-refractivity contribution in [1.29, 1.82) is 0 Å². The van der Waals surface area contributed by atoms with Crippen LogP contribution >= 0.6 is 0 Å². The fraction of sp³-hybridized carbons (Fsp3) is 0.667. The van der Waals surface area contributed by atoms with Gasteiger partial charge in [-0.05, 0) is 72.2 Å². The molecule has 41 heavy (non-hydrogen) atoms. The number of anilines is 2. The molecule has 230 valence electrons. The van der Waals surface area contributed by atoms with Crippen molar-refractivity contribution in [2.75, 3.05) is 48.1 Å².